The summed E-state index contributed by atoms with van der Waals surface area (Å²) >= 11 is 0. The summed E-state index contributed by atoms with van der Waals surface area (Å²) in [6.45, 7) is 4.03. The van der Waals surface area contributed by atoms with Gasteiger partial charge in [-0.1, -0.05) is 0 Å². The second-order valence-corrected chi connectivity index (χ2v) is 6.77. The predicted octanol–water partition coefficient (Wildman–Crippen LogP) is 4.09. The van der Waals surface area contributed by atoms with E-state index >= 15 is 0 Å². The van der Waals surface area contributed by atoms with Gasteiger partial charge in [0.05, 0.1) is 5.56 Å². The fourth-order valence-corrected chi connectivity index (χ4v) is 3.16. The lowest BCUT2D eigenvalue weighted by Gasteiger charge is -1.99. The molecule has 1 aliphatic heterocycles. The first-order valence-corrected chi connectivity index (χ1v) is 8.58. The highest BCUT2D eigenvalue weighted by Gasteiger charge is 2.29. The minimum Gasteiger partial charge on any atom is -0.255 e. The summed E-state index contributed by atoms with van der Waals surface area (Å²) in [7, 11) is -0.971. The monoisotopic (exact) mass is 314 g/mol. The van der Waals surface area contributed by atoms with E-state index in [1.54, 1.807) is 18.4 Å². The van der Waals surface area contributed by atoms with Crippen LogP contribution in [-0.4, -0.2) is 21.3 Å². The molecule has 2 aromatic rings. The second-order valence-electron chi connectivity index (χ2n) is 5.39. The third kappa shape index (κ3) is 2.55. The molecule has 2 aromatic carbocycles. The van der Waals surface area contributed by atoms with Crippen LogP contribution in [0.25, 0.3) is 5.57 Å². The Kier molecular flexibility index (Phi) is 3.79. The summed E-state index contributed by atoms with van der Waals surface area (Å²) in [6.07, 6.45) is 3.69. The molecule has 1 heterocycles. The molecule has 0 radical (unpaired) electrons. The molecular formula is C18H17FNOS+. The molecule has 0 fully saturated rings. The van der Waals surface area contributed by atoms with Gasteiger partial charge in [0, 0.05) is 46.1 Å². The summed E-state index contributed by atoms with van der Waals surface area (Å²) < 4.78 is 27.0. The fourth-order valence-electron chi connectivity index (χ4n) is 2.64. The molecule has 3 rings (SSSR count). The Labute approximate surface area is 132 Å². The zero-order valence-corrected chi connectivity index (χ0v) is 13.6. The maximum Gasteiger partial charge on any atom is 0.218 e. The largest absolute Gasteiger partial charge is 0.255 e. The van der Waals surface area contributed by atoms with Crippen LogP contribution in [0.3, 0.4) is 0 Å². The Balaban J connectivity index is 2.07. The Morgan fingerprint density at radius 3 is 2.41 bits per heavy atom. The van der Waals surface area contributed by atoms with E-state index < -0.39 is 10.8 Å². The number of hydrogen-bond acceptors (Lipinski definition) is 1. The van der Waals surface area contributed by atoms with E-state index in [2.05, 4.69) is 4.58 Å². The number of allylic oxidation sites excluding steroid dienone is 2. The SMILES string of the molecule is CC1=C(C)[N+](=Cc2ccc(S(C)=O)cc2)c2ccc(F)cc21. The molecule has 0 saturated carbocycles. The van der Waals surface area contributed by atoms with Crippen LogP contribution in [0.5, 0.6) is 0 Å². The van der Waals surface area contributed by atoms with Crippen molar-refractivity contribution in [3.05, 3.63) is 65.1 Å². The van der Waals surface area contributed by atoms with E-state index in [-0.39, 0.29) is 5.82 Å². The third-order valence-electron chi connectivity index (χ3n) is 4.02. The zero-order chi connectivity index (χ0) is 15.9. The van der Waals surface area contributed by atoms with Gasteiger partial charge < -0.3 is 0 Å². The lowest BCUT2D eigenvalue weighted by molar-refractivity contribution is -0.371. The summed E-state index contributed by atoms with van der Waals surface area (Å²) in [4.78, 5) is 0.810. The molecule has 0 aromatic heterocycles. The van der Waals surface area contributed by atoms with Crippen molar-refractivity contribution in [2.45, 2.75) is 18.7 Å². The van der Waals surface area contributed by atoms with Crippen molar-refractivity contribution < 1.29 is 13.2 Å². The Bertz CT molecular complexity index is 835. The molecular weight excluding hydrogens is 297 g/mol. The van der Waals surface area contributed by atoms with Gasteiger partial charge in [-0.2, -0.15) is 4.58 Å². The maximum atomic E-state index is 13.5. The quantitative estimate of drug-likeness (QED) is 0.764. The van der Waals surface area contributed by atoms with Gasteiger partial charge in [-0.25, -0.2) is 4.39 Å². The van der Waals surface area contributed by atoms with Crippen molar-refractivity contribution in [3.8, 4) is 0 Å². The minimum atomic E-state index is -0.971. The van der Waals surface area contributed by atoms with Crippen LogP contribution in [-0.2, 0) is 10.8 Å². The molecule has 22 heavy (non-hydrogen) atoms. The first-order chi connectivity index (χ1) is 10.5. The normalized spacial score (nSPS) is 17.0. The van der Waals surface area contributed by atoms with Crippen LogP contribution in [0.1, 0.15) is 25.0 Å². The maximum absolute atomic E-state index is 13.5. The molecule has 1 atom stereocenters. The van der Waals surface area contributed by atoms with Gasteiger partial charge in [-0.15, -0.1) is 0 Å². The lowest BCUT2D eigenvalue weighted by Crippen LogP contribution is -2.03. The van der Waals surface area contributed by atoms with Gasteiger partial charge in [-0.3, -0.25) is 4.21 Å². The van der Waals surface area contributed by atoms with Crippen LogP contribution in [0.2, 0.25) is 0 Å². The van der Waals surface area contributed by atoms with Crippen LogP contribution < -0.4 is 0 Å². The summed E-state index contributed by atoms with van der Waals surface area (Å²) in [5.41, 5.74) is 5.10. The van der Waals surface area contributed by atoms with E-state index in [4.69, 9.17) is 0 Å². The molecule has 1 unspecified atom stereocenters. The number of nitrogens with zero attached hydrogens (tertiary/aromatic N) is 1. The average molecular weight is 314 g/mol. The zero-order valence-electron chi connectivity index (χ0n) is 12.8. The van der Waals surface area contributed by atoms with Crippen LogP contribution in [0.4, 0.5) is 10.1 Å². The van der Waals surface area contributed by atoms with Crippen molar-refractivity contribution in [1.29, 1.82) is 0 Å². The average Bonchev–Trinajstić information content (AvgIpc) is 2.73. The van der Waals surface area contributed by atoms with E-state index in [1.807, 2.05) is 44.3 Å². The lowest BCUT2D eigenvalue weighted by atomic mass is 10.1. The number of halogens is 1. The van der Waals surface area contributed by atoms with Crippen molar-refractivity contribution in [2.75, 3.05) is 6.26 Å². The highest BCUT2D eigenvalue weighted by molar-refractivity contribution is 7.84. The van der Waals surface area contributed by atoms with Crippen LogP contribution in [0.15, 0.2) is 53.1 Å². The van der Waals surface area contributed by atoms with Crippen molar-refractivity contribution >= 4 is 28.3 Å². The van der Waals surface area contributed by atoms with Gasteiger partial charge in [0.15, 0.2) is 11.9 Å². The second kappa shape index (κ2) is 5.61. The smallest absolute Gasteiger partial charge is 0.218 e. The van der Waals surface area contributed by atoms with Gasteiger partial charge >= 0.3 is 0 Å². The first-order valence-electron chi connectivity index (χ1n) is 7.02. The van der Waals surface area contributed by atoms with E-state index in [0.717, 1.165) is 33.0 Å². The summed E-state index contributed by atoms with van der Waals surface area (Å²) in [5.74, 6) is -0.220. The molecule has 0 bridgehead atoms. The molecule has 0 spiro atoms. The molecule has 112 valence electrons. The predicted molar refractivity (Wildman–Crippen MR) is 88.5 cm³/mol. The fraction of sp³-hybridized carbons (Fsp3) is 0.167. The van der Waals surface area contributed by atoms with Crippen LogP contribution >= 0.6 is 0 Å². The third-order valence-corrected chi connectivity index (χ3v) is 4.95. The highest BCUT2D eigenvalue weighted by atomic mass is 32.2. The molecule has 0 amide bonds. The summed E-state index contributed by atoms with van der Waals surface area (Å²) in [6, 6.07) is 12.5. The van der Waals surface area contributed by atoms with Crippen molar-refractivity contribution in [2.24, 2.45) is 0 Å². The first kappa shape index (κ1) is 14.9. The summed E-state index contributed by atoms with van der Waals surface area (Å²) in [5, 5.41) is 0. The molecule has 0 aliphatic carbocycles. The van der Waals surface area contributed by atoms with Gasteiger partial charge in [0.25, 0.3) is 0 Å². The van der Waals surface area contributed by atoms with Gasteiger partial charge in [-0.05, 0) is 43.3 Å². The number of fused-ring (bicyclic) bond motifs is 1. The highest BCUT2D eigenvalue weighted by Crippen LogP contribution is 2.37. The topological polar surface area (TPSA) is 20.1 Å². The van der Waals surface area contributed by atoms with Gasteiger partial charge in [0.2, 0.25) is 5.69 Å². The molecule has 2 nitrogen and oxygen atoms in total. The van der Waals surface area contributed by atoms with E-state index in [1.165, 1.54) is 6.07 Å². The number of hydrogen-bond donors (Lipinski definition) is 0. The minimum absolute atomic E-state index is 0.220. The van der Waals surface area contributed by atoms with Crippen LogP contribution in [0, 0.1) is 5.82 Å². The number of rotatable bonds is 2. The molecule has 4 heteroatoms. The van der Waals surface area contributed by atoms with E-state index in [0.29, 0.717) is 0 Å². The Hall–Kier alpha value is -2.07. The molecule has 0 N–H and O–H groups in total. The van der Waals surface area contributed by atoms with Crippen molar-refractivity contribution in [3.63, 3.8) is 0 Å². The van der Waals surface area contributed by atoms with E-state index in [9.17, 15) is 8.60 Å². The molecule has 1 aliphatic rings. The standard InChI is InChI=1S/C18H17FNOS/c1-12-13(2)20(18-9-6-15(19)10-17(12)18)11-14-4-7-16(8-5-14)22(3)21/h4-11H,1-3H3/q+1. The van der Waals surface area contributed by atoms with Crippen molar-refractivity contribution in [1.82, 2.24) is 0 Å². The van der Waals surface area contributed by atoms with Gasteiger partial charge in [0.1, 0.15) is 5.82 Å². The Morgan fingerprint density at radius 1 is 1.09 bits per heavy atom. The number of benzene rings is 2. The Morgan fingerprint density at radius 2 is 1.77 bits per heavy atom. The molecule has 0 saturated heterocycles.